The highest BCUT2D eigenvalue weighted by Gasteiger charge is 2.30. The molecule has 7 nitrogen and oxygen atoms in total. The molecule has 2 fully saturated rings. The summed E-state index contributed by atoms with van der Waals surface area (Å²) in [4.78, 5) is 21.3. The number of piperidine rings is 1. The first-order chi connectivity index (χ1) is 14.2. The Morgan fingerprint density at radius 2 is 1.97 bits per heavy atom. The predicted molar refractivity (Wildman–Crippen MR) is 114 cm³/mol. The molecule has 2 aliphatic heterocycles. The van der Waals surface area contributed by atoms with Crippen molar-refractivity contribution in [2.45, 2.75) is 19.4 Å². The standard InChI is InChI=1S/C22H32N4O3/c1-3-14-29-20-7-5-4-6-19(20)17-24-22(23-2)26-10-8-18(9-11-26)21(27)25-12-15-28-16-13-25/h3-7,18H,1,8-17H2,2H3,(H,23,24). The molecule has 0 radical (unpaired) electrons. The second-order valence-corrected chi connectivity index (χ2v) is 7.31. The quantitative estimate of drug-likeness (QED) is 0.449. The fourth-order valence-electron chi connectivity index (χ4n) is 3.83. The SMILES string of the molecule is C=CCOc1ccccc1CNC(=NC)N1CCC(C(=O)N2CCOCC2)CC1. The van der Waals surface area contributed by atoms with Gasteiger partial charge in [-0.15, -0.1) is 0 Å². The van der Waals surface area contributed by atoms with E-state index in [4.69, 9.17) is 9.47 Å². The lowest BCUT2D eigenvalue weighted by Gasteiger charge is -2.36. The monoisotopic (exact) mass is 400 g/mol. The molecule has 0 aliphatic carbocycles. The van der Waals surface area contributed by atoms with Gasteiger partial charge in [-0.3, -0.25) is 9.79 Å². The number of carbonyl (C=O) groups excluding carboxylic acids is 1. The second-order valence-electron chi connectivity index (χ2n) is 7.31. The number of nitrogens with one attached hydrogen (secondary N) is 1. The molecule has 2 aliphatic rings. The van der Waals surface area contributed by atoms with Crippen LogP contribution in [-0.4, -0.2) is 74.7 Å². The molecule has 7 heteroatoms. The third-order valence-electron chi connectivity index (χ3n) is 5.44. The van der Waals surface area contributed by atoms with E-state index in [9.17, 15) is 4.79 Å². The van der Waals surface area contributed by atoms with Crippen LogP contribution in [0, 0.1) is 5.92 Å². The van der Waals surface area contributed by atoms with Crippen LogP contribution in [0.25, 0.3) is 0 Å². The van der Waals surface area contributed by atoms with Gasteiger partial charge in [-0.1, -0.05) is 30.9 Å². The number of para-hydroxylation sites is 1. The molecule has 0 aromatic heterocycles. The van der Waals surface area contributed by atoms with E-state index in [1.54, 1.807) is 13.1 Å². The third kappa shape index (κ3) is 5.73. The summed E-state index contributed by atoms with van der Waals surface area (Å²) >= 11 is 0. The van der Waals surface area contributed by atoms with Gasteiger partial charge in [0.1, 0.15) is 12.4 Å². The van der Waals surface area contributed by atoms with E-state index in [-0.39, 0.29) is 11.8 Å². The van der Waals surface area contributed by atoms with Crippen LogP contribution in [0.1, 0.15) is 18.4 Å². The number of morpholine rings is 1. The predicted octanol–water partition coefficient (Wildman–Crippen LogP) is 1.90. The van der Waals surface area contributed by atoms with Crippen LogP contribution >= 0.6 is 0 Å². The minimum absolute atomic E-state index is 0.107. The highest BCUT2D eigenvalue weighted by molar-refractivity contribution is 5.81. The molecule has 1 aromatic carbocycles. The Morgan fingerprint density at radius 1 is 1.24 bits per heavy atom. The van der Waals surface area contributed by atoms with Crippen LogP contribution < -0.4 is 10.1 Å². The molecule has 1 amide bonds. The zero-order valence-corrected chi connectivity index (χ0v) is 17.3. The maximum atomic E-state index is 12.7. The number of benzene rings is 1. The van der Waals surface area contributed by atoms with E-state index >= 15 is 0 Å². The minimum Gasteiger partial charge on any atom is -0.489 e. The molecule has 2 heterocycles. The van der Waals surface area contributed by atoms with Crippen molar-refractivity contribution in [3.8, 4) is 5.75 Å². The molecule has 0 spiro atoms. The Kier molecular flexibility index (Phi) is 7.93. The number of carbonyl (C=O) groups is 1. The summed E-state index contributed by atoms with van der Waals surface area (Å²) in [5.74, 6) is 2.10. The molecule has 0 bridgehead atoms. The highest BCUT2D eigenvalue weighted by Crippen LogP contribution is 2.21. The van der Waals surface area contributed by atoms with Crippen molar-refractivity contribution in [3.63, 3.8) is 0 Å². The summed E-state index contributed by atoms with van der Waals surface area (Å²) in [5.41, 5.74) is 1.08. The molecule has 1 aromatic rings. The first-order valence-electron chi connectivity index (χ1n) is 10.4. The number of amides is 1. The van der Waals surface area contributed by atoms with Gasteiger partial charge in [-0.25, -0.2) is 0 Å². The van der Waals surface area contributed by atoms with Gasteiger partial charge in [0.2, 0.25) is 5.91 Å². The maximum Gasteiger partial charge on any atom is 0.225 e. The fourth-order valence-corrected chi connectivity index (χ4v) is 3.83. The summed E-state index contributed by atoms with van der Waals surface area (Å²) in [6.07, 6.45) is 3.46. The number of ether oxygens (including phenoxy) is 2. The number of guanidine groups is 1. The molecule has 3 rings (SSSR count). The average molecular weight is 401 g/mol. The number of hydrogen-bond donors (Lipinski definition) is 1. The van der Waals surface area contributed by atoms with Gasteiger partial charge in [-0.05, 0) is 18.9 Å². The Morgan fingerprint density at radius 3 is 2.66 bits per heavy atom. The fraction of sp³-hybridized carbons (Fsp3) is 0.545. The first kappa shape index (κ1) is 21.2. The van der Waals surface area contributed by atoms with E-state index in [1.165, 1.54) is 0 Å². The van der Waals surface area contributed by atoms with E-state index in [1.807, 2.05) is 29.2 Å². The van der Waals surface area contributed by atoms with Gasteiger partial charge < -0.3 is 24.6 Å². The normalized spacial score (nSPS) is 18.4. The smallest absolute Gasteiger partial charge is 0.225 e. The van der Waals surface area contributed by atoms with Crippen molar-refractivity contribution in [1.29, 1.82) is 0 Å². The number of aliphatic imine (C=N–C) groups is 1. The first-order valence-corrected chi connectivity index (χ1v) is 10.4. The average Bonchev–Trinajstić information content (AvgIpc) is 2.79. The van der Waals surface area contributed by atoms with Crippen LogP contribution in [0.3, 0.4) is 0 Å². The molecule has 29 heavy (non-hydrogen) atoms. The Hall–Kier alpha value is -2.54. The van der Waals surface area contributed by atoms with Crippen molar-refractivity contribution < 1.29 is 14.3 Å². The largest absolute Gasteiger partial charge is 0.489 e. The van der Waals surface area contributed by atoms with E-state index in [0.29, 0.717) is 26.4 Å². The molecule has 0 saturated carbocycles. The molecule has 0 atom stereocenters. The zero-order chi connectivity index (χ0) is 20.5. The molecule has 2 saturated heterocycles. The van der Waals surface area contributed by atoms with Gasteiger partial charge in [0, 0.05) is 51.3 Å². The van der Waals surface area contributed by atoms with Crippen molar-refractivity contribution in [1.82, 2.24) is 15.1 Å². The van der Waals surface area contributed by atoms with Crippen LogP contribution in [-0.2, 0) is 16.1 Å². The van der Waals surface area contributed by atoms with Crippen molar-refractivity contribution >= 4 is 11.9 Å². The van der Waals surface area contributed by atoms with E-state index < -0.39 is 0 Å². The van der Waals surface area contributed by atoms with Gasteiger partial charge in [-0.2, -0.15) is 0 Å². The Labute approximate surface area is 173 Å². The van der Waals surface area contributed by atoms with E-state index in [2.05, 4.69) is 21.8 Å². The van der Waals surface area contributed by atoms with Gasteiger partial charge in [0.15, 0.2) is 5.96 Å². The van der Waals surface area contributed by atoms with Crippen LogP contribution in [0.5, 0.6) is 5.75 Å². The van der Waals surface area contributed by atoms with E-state index in [0.717, 1.165) is 56.3 Å². The number of nitrogens with zero attached hydrogens (tertiary/aromatic N) is 3. The molecular formula is C22H32N4O3. The van der Waals surface area contributed by atoms with Crippen molar-refractivity contribution in [2.75, 3.05) is 53.0 Å². The van der Waals surface area contributed by atoms with Crippen molar-refractivity contribution in [3.05, 3.63) is 42.5 Å². The summed E-state index contributed by atoms with van der Waals surface area (Å²) in [5, 5.41) is 3.44. The lowest BCUT2D eigenvalue weighted by molar-refractivity contribution is -0.140. The molecule has 158 valence electrons. The highest BCUT2D eigenvalue weighted by atomic mass is 16.5. The van der Waals surface area contributed by atoms with Crippen LogP contribution in [0.4, 0.5) is 0 Å². The van der Waals surface area contributed by atoms with Crippen molar-refractivity contribution in [2.24, 2.45) is 10.9 Å². The maximum absolute atomic E-state index is 12.7. The van der Waals surface area contributed by atoms with Crippen LogP contribution in [0.15, 0.2) is 41.9 Å². The summed E-state index contributed by atoms with van der Waals surface area (Å²) < 4.78 is 11.1. The molecular weight excluding hydrogens is 368 g/mol. The second kappa shape index (κ2) is 10.9. The minimum atomic E-state index is 0.107. The zero-order valence-electron chi connectivity index (χ0n) is 17.3. The number of likely N-dealkylation sites (tertiary alicyclic amines) is 1. The van der Waals surface area contributed by atoms with Crippen LogP contribution in [0.2, 0.25) is 0 Å². The molecule has 0 unspecified atom stereocenters. The lowest BCUT2D eigenvalue weighted by atomic mass is 9.95. The lowest BCUT2D eigenvalue weighted by Crippen LogP contribution is -2.49. The van der Waals surface area contributed by atoms with Gasteiger partial charge in [0.25, 0.3) is 0 Å². The third-order valence-corrected chi connectivity index (χ3v) is 5.44. The topological polar surface area (TPSA) is 66.4 Å². The Balaban J connectivity index is 1.50. The molecule has 1 N–H and O–H groups in total. The van der Waals surface area contributed by atoms with Gasteiger partial charge >= 0.3 is 0 Å². The van der Waals surface area contributed by atoms with Gasteiger partial charge in [0.05, 0.1) is 13.2 Å². The summed E-state index contributed by atoms with van der Waals surface area (Å²) in [6.45, 7) is 9.21. The number of hydrogen-bond acceptors (Lipinski definition) is 4. The number of rotatable bonds is 6. The summed E-state index contributed by atoms with van der Waals surface area (Å²) in [7, 11) is 1.80. The Bertz CT molecular complexity index is 708. The summed E-state index contributed by atoms with van der Waals surface area (Å²) in [6, 6.07) is 7.98.